The molecular weight excluding hydrogens is 388 g/mol. The molecular formula is C19H17F2N3O3S. The third kappa shape index (κ3) is 3.55. The van der Waals surface area contributed by atoms with Crippen LogP contribution in [0, 0.1) is 11.6 Å². The van der Waals surface area contributed by atoms with Crippen LogP contribution in [0.1, 0.15) is 18.7 Å². The van der Waals surface area contributed by atoms with Gasteiger partial charge >= 0.3 is 0 Å². The zero-order valence-corrected chi connectivity index (χ0v) is 15.6. The van der Waals surface area contributed by atoms with Crippen molar-refractivity contribution < 1.29 is 21.7 Å². The first-order valence-corrected chi connectivity index (χ1v) is 10.2. The Morgan fingerprint density at radius 2 is 1.93 bits per heavy atom. The highest BCUT2D eigenvalue weighted by Crippen LogP contribution is 2.29. The maximum absolute atomic E-state index is 14.1. The number of hydrogen-bond donors (Lipinski definition) is 0. The average molecular weight is 405 g/mol. The highest BCUT2D eigenvalue weighted by atomic mass is 32.2. The Balaban J connectivity index is 1.56. The molecule has 1 saturated heterocycles. The highest BCUT2D eigenvalue weighted by Gasteiger charge is 2.37. The van der Waals surface area contributed by atoms with Crippen LogP contribution in [0.4, 0.5) is 8.78 Å². The van der Waals surface area contributed by atoms with E-state index in [1.807, 2.05) is 30.3 Å². The second-order valence-corrected chi connectivity index (χ2v) is 8.43. The summed E-state index contributed by atoms with van der Waals surface area (Å²) in [5, 5.41) is 3.94. The van der Waals surface area contributed by atoms with Crippen molar-refractivity contribution >= 4 is 10.0 Å². The van der Waals surface area contributed by atoms with Gasteiger partial charge in [-0.25, -0.2) is 17.2 Å². The van der Waals surface area contributed by atoms with E-state index in [9.17, 15) is 17.2 Å². The van der Waals surface area contributed by atoms with Crippen molar-refractivity contribution in [2.45, 2.75) is 30.2 Å². The van der Waals surface area contributed by atoms with E-state index in [-0.39, 0.29) is 13.0 Å². The van der Waals surface area contributed by atoms with Crippen LogP contribution < -0.4 is 0 Å². The molecule has 0 spiro atoms. The molecule has 0 N–H and O–H groups in total. The van der Waals surface area contributed by atoms with E-state index in [0.717, 1.165) is 17.7 Å². The maximum Gasteiger partial charge on any atom is 0.257 e. The summed E-state index contributed by atoms with van der Waals surface area (Å²) in [5.41, 5.74) is 0.769. The molecule has 1 fully saturated rings. The second-order valence-electron chi connectivity index (χ2n) is 6.57. The summed E-state index contributed by atoms with van der Waals surface area (Å²) < 4.78 is 59.5. The van der Waals surface area contributed by atoms with Crippen LogP contribution in [-0.4, -0.2) is 35.5 Å². The fourth-order valence-electron chi connectivity index (χ4n) is 3.39. The lowest BCUT2D eigenvalue weighted by atomic mass is 10.1. The molecule has 3 aromatic rings. The average Bonchev–Trinajstić information content (AvgIpc) is 3.32. The highest BCUT2D eigenvalue weighted by molar-refractivity contribution is 7.89. The second kappa shape index (κ2) is 7.40. The monoisotopic (exact) mass is 405 g/mol. The van der Waals surface area contributed by atoms with Gasteiger partial charge in [0.2, 0.25) is 10.0 Å². The molecule has 1 aliphatic heterocycles. The fourth-order valence-corrected chi connectivity index (χ4v) is 5.13. The molecule has 0 aliphatic carbocycles. The number of aromatic nitrogens is 2. The van der Waals surface area contributed by atoms with Gasteiger partial charge in [0.25, 0.3) is 5.89 Å². The molecule has 28 heavy (non-hydrogen) atoms. The summed E-state index contributed by atoms with van der Waals surface area (Å²) >= 11 is 0. The predicted molar refractivity (Wildman–Crippen MR) is 96.7 cm³/mol. The minimum absolute atomic E-state index is 0.248. The molecule has 1 aliphatic rings. The Kier molecular flexibility index (Phi) is 4.94. The van der Waals surface area contributed by atoms with Gasteiger partial charge in [-0.15, -0.1) is 0 Å². The van der Waals surface area contributed by atoms with Crippen LogP contribution in [0.2, 0.25) is 0 Å². The molecule has 2 heterocycles. The predicted octanol–water partition coefficient (Wildman–Crippen LogP) is 3.41. The number of hydrogen-bond acceptors (Lipinski definition) is 5. The smallest absolute Gasteiger partial charge is 0.257 e. The van der Waals surface area contributed by atoms with Crippen LogP contribution in [0.5, 0.6) is 0 Å². The maximum atomic E-state index is 14.1. The third-order valence-electron chi connectivity index (χ3n) is 4.71. The Hall–Kier alpha value is -2.65. The third-order valence-corrected chi connectivity index (χ3v) is 6.70. The Morgan fingerprint density at radius 1 is 1.14 bits per heavy atom. The van der Waals surface area contributed by atoms with E-state index >= 15 is 0 Å². The Bertz CT molecular complexity index is 1090. The van der Waals surface area contributed by atoms with Crippen molar-refractivity contribution in [2.24, 2.45) is 0 Å². The number of rotatable bonds is 5. The van der Waals surface area contributed by atoms with Crippen LogP contribution in [0.15, 0.2) is 57.9 Å². The molecule has 1 aromatic heterocycles. The number of sulfonamides is 1. The van der Waals surface area contributed by atoms with Gasteiger partial charge in [-0.05, 0) is 37.1 Å². The van der Waals surface area contributed by atoms with Crippen LogP contribution in [0.25, 0.3) is 11.5 Å². The Morgan fingerprint density at radius 3 is 2.68 bits per heavy atom. The first-order chi connectivity index (χ1) is 13.4. The van der Waals surface area contributed by atoms with Gasteiger partial charge in [0, 0.05) is 30.6 Å². The molecule has 0 unspecified atom stereocenters. The van der Waals surface area contributed by atoms with E-state index in [1.165, 1.54) is 4.31 Å². The molecule has 0 amide bonds. The van der Waals surface area contributed by atoms with E-state index in [4.69, 9.17) is 4.52 Å². The minimum atomic E-state index is -4.10. The lowest BCUT2D eigenvalue weighted by Gasteiger charge is -2.23. The number of halogens is 2. The lowest BCUT2D eigenvalue weighted by molar-refractivity contribution is 0.368. The van der Waals surface area contributed by atoms with Gasteiger partial charge in [-0.3, -0.25) is 0 Å². The topological polar surface area (TPSA) is 76.3 Å². The summed E-state index contributed by atoms with van der Waals surface area (Å²) in [5.74, 6) is -1.19. The molecule has 146 valence electrons. The van der Waals surface area contributed by atoms with E-state index < -0.39 is 32.6 Å². The minimum Gasteiger partial charge on any atom is -0.334 e. The van der Waals surface area contributed by atoms with Crippen molar-refractivity contribution in [3.8, 4) is 11.5 Å². The normalized spacial score (nSPS) is 17.9. The zero-order chi connectivity index (χ0) is 19.7. The van der Waals surface area contributed by atoms with E-state index in [1.54, 1.807) is 0 Å². The van der Waals surface area contributed by atoms with Gasteiger partial charge in [0.05, 0.1) is 0 Å². The lowest BCUT2D eigenvalue weighted by Crippen LogP contribution is -2.37. The largest absolute Gasteiger partial charge is 0.334 e. The molecule has 9 heteroatoms. The molecule has 0 bridgehead atoms. The molecule has 4 rings (SSSR count). The van der Waals surface area contributed by atoms with Gasteiger partial charge < -0.3 is 4.52 Å². The van der Waals surface area contributed by atoms with Crippen molar-refractivity contribution in [2.75, 3.05) is 6.54 Å². The standard InChI is InChI=1S/C19H17F2N3O3S/c20-14-8-9-17(16(21)11-14)28(25,26)24-10-4-7-15(24)12-18-22-19(27-23-18)13-5-2-1-3-6-13/h1-3,5-6,8-9,11,15H,4,7,10,12H2/t15-/m1/s1. The van der Waals surface area contributed by atoms with Crippen molar-refractivity contribution in [1.82, 2.24) is 14.4 Å². The van der Waals surface area contributed by atoms with Gasteiger partial charge in [-0.2, -0.15) is 9.29 Å². The number of benzene rings is 2. The summed E-state index contributed by atoms with van der Waals surface area (Å²) in [7, 11) is -4.10. The molecule has 2 aromatic carbocycles. The van der Waals surface area contributed by atoms with Crippen LogP contribution in [0.3, 0.4) is 0 Å². The summed E-state index contributed by atoms with van der Waals surface area (Å²) in [6.45, 7) is 0.257. The van der Waals surface area contributed by atoms with Crippen molar-refractivity contribution in [3.05, 3.63) is 66.0 Å². The van der Waals surface area contributed by atoms with E-state index in [0.29, 0.717) is 30.6 Å². The molecule has 0 saturated carbocycles. The number of nitrogens with zero attached hydrogens (tertiary/aromatic N) is 3. The van der Waals surface area contributed by atoms with E-state index in [2.05, 4.69) is 10.1 Å². The SMILES string of the molecule is O=S(=O)(c1ccc(F)cc1F)N1CCC[C@@H]1Cc1noc(-c2ccccc2)n1. The van der Waals surface area contributed by atoms with Gasteiger partial charge in [-0.1, -0.05) is 23.4 Å². The van der Waals surface area contributed by atoms with Crippen LogP contribution in [-0.2, 0) is 16.4 Å². The van der Waals surface area contributed by atoms with Gasteiger partial charge in [0.1, 0.15) is 16.5 Å². The van der Waals surface area contributed by atoms with Crippen molar-refractivity contribution in [3.63, 3.8) is 0 Å². The summed E-state index contributed by atoms with van der Waals surface area (Å²) in [6, 6.07) is 11.3. The molecule has 6 nitrogen and oxygen atoms in total. The summed E-state index contributed by atoms with van der Waals surface area (Å²) in [4.78, 5) is 3.81. The fraction of sp³-hybridized carbons (Fsp3) is 0.263. The Labute approximate surface area is 160 Å². The quantitative estimate of drug-likeness (QED) is 0.650. The first-order valence-electron chi connectivity index (χ1n) is 8.80. The summed E-state index contributed by atoms with van der Waals surface area (Å²) in [6.07, 6.45) is 1.48. The van der Waals surface area contributed by atoms with Crippen molar-refractivity contribution in [1.29, 1.82) is 0 Å². The first kappa shape index (κ1) is 18.7. The zero-order valence-electron chi connectivity index (χ0n) is 14.8. The van der Waals surface area contributed by atoms with Crippen LogP contribution >= 0.6 is 0 Å². The molecule has 1 atom stereocenters. The molecule has 0 radical (unpaired) electrons. The van der Waals surface area contributed by atoms with Gasteiger partial charge in [0.15, 0.2) is 5.82 Å².